The van der Waals surface area contributed by atoms with Gasteiger partial charge in [-0.1, -0.05) is 80.3 Å². The Balaban J connectivity index is 1.98. The van der Waals surface area contributed by atoms with Crippen molar-refractivity contribution in [2.75, 3.05) is 5.75 Å². The Bertz CT molecular complexity index is 834. The molecule has 2 aromatic carbocycles. The number of aliphatic hydroxyl groups is 1. The van der Waals surface area contributed by atoms with Crippen LogP contribution in [0.4, 0.5) is 0 Å². The highest BCUT2D eigenvalue weighted by Crippen LogP contribution is 2.60. The molecule has 1 unspecified atom stereocenters. The summed E-state index contributed by atoms with van der Waals surface area (Å²) in [5.41, 5.74) is -0.0770. The average Bonchev–Trinajstić information content (AvgIpc) is 3.23. The summed E-state index contributed by atoms with van der Waals surface area (Å²) in [6.45, 7) is 6.47. The van der Waals surface area contributed by atoms with E-state index in [0.717, 1.165) is 5.56 Å². The zero-order valence-corrected chi connectivity index (χ0v) is 16.7. The molecule has 134 valence electrons. The summed E-state index contributed by atoms with van der Waals surface area (Å²) in [4.78, 5) is 0. The Morgan fingerprint density at radius 1 is 1.00 bits per heavy atom. The van der Waals surface area contributed by atoms with Crippen LogP contribution in [0.1, 0.15) is 17.2 Å². The summed E-state index contributed by atoms with van der Waals surface area (Å²) in [6.07, 6.45) is 0. The highest BCUT2D eigenvalue weighted by molar-refractivity contribution is 7.89. The van der Waals surface area contributed by atoms with Crippen molar-refractivity contribution in [1.29, 1.82) is 0 Å². The van der Waals surface area contributed by atoms with Crippen molar-refractivity contribution in [3.8, 4) is 0 Å². The van der Waals surface area contributed by atoms with Gasteiger partial charge in [-0.05, 0) is 11.6 Å². The van der Waals surface area contributed by atoms with Crippen LogP contribution in [0.25, 0.3) is 0 Å². The molecule has 1 fully saturated rings. The fraction of sp³-hybridized carbons (Fsp3) is 0.368. The van der Waals surface area contributed by atoms with Crippen molar-refractivity contribution in [3.63, 3.8) is 0 Å². The first-order valence-electron chi connectivity index (χ1n) is 8.51. The first-order chi connectivity index (χ1) is 11.7. The molecule has 1 aliphatic heterocycles. The van der Waals surface area contributed by atoms with Crippen LogP contribution < -0.4 is 0 Å². The highest BCUT2D eigenvalue weighted by atomic mass is 32.2. The smallest absolute Gasteiger partial charge is 0.217 e. The Labute approximate surface area is 151 Å². The van der Waals surface area contributed by atoms with Crippen LogP contribution in [0, 0.1) is 0 Å². The maximum atomic E-state index is 13.0. The highest BCUT2D eigenvalue weighted by Gasteiger charge is 2.69. The molecular formula is C19H25NO3SSi. The Hall–Kier alpha value is -1.47. The molecule has 0 amide bonds. The summed E-state index contributed by atoms with van der Waals surface area (Å²) in [5.74, 6) is 0.0845. The minimum absolute atomic E-state index is 0.0845. The second-order valence-electron chi connectivity index (χ2n) is 7.83. The monoisotopic (exact) mass is 375 g/mol. The first-order valence-corrected chi connectivity index (χ1v) is 13.8. The molecule has 2 aromatic rings. The van der Waals surface area contributed by atoms with E-state index in [1.165, 1.54) is 4.31 Å². The normalized spacial score (nSPS) is 26.4. The maximum Gasteiger partial charge on any atom is 0.217 e. The number of hydrogen-bond donors (Lipinski definition) is 1. The van der Waals surface area contributed by atoms with E-state index in [2.05, 4.69) is 19.6 Å². The van der Waals surface area contributed by atoms with Crippen molar-refractivity contribution in [2.24, 2.45) is 0 Å². The van der Waals surface area contributed by atoms with Crippen LogP contribution in [0.15, 0.2) is 60.7 Å². The number of sulfonamides is 1. The Morgan fingerprint density at radius 2 is 1.52 bits per heavy atom. The van der Waals surface area contributed by atoms with Crippen LogP contribution in [0.3, 0.4) is 0 Å². The molecule has 1 aliphatic rings. The van der Waals surface area contributed by atoms with Gasteiger partial charge in [0, 0.05) is 13.6 Å². The van der Waals surface area contributed by atoms with Crippen LogP contribution in [-0.4, -0.2) is 31.7 Å². The van der Waals surface area contributed by atoms with Gasteiger partial charge < -0.3 is 5.11 Å². The van der Waals surface area contributed by atoms with Crippen molar-refractivity contribution in [2.45, 2.75) is 37.5 Å². The molecule has 0 spiro atoms. The minimum Gasteiger partial charge on any atom is -0.369 e. The van der Waals surface area contributed by atoms with E-state index in [1.54, 1.807) is 12.1 Å². The van der Waals surface area contributed by atoms with Gasteiger partial charge in [-0.25, -0.2) is 8.42 Å². The molecular weight excluding hydrogens is 350 g/mol. The number of benzene rings is 2. The third-order valence-corrected chi connectivity index (χ3v) is 8.53. The summed E-state index contributed by atoms with van der Waals surface area (Å²) >= 11 is 0. The van der Waals surface area contributed by atoms with E-state index >= 15 is 0 Å². The lowest BCUT2D eigenvalue weighted by Crippen LogP contribution is -2.29. The molecule has 3 rings (SSSR count). The Kier molecular flexibility index (Phi) is 4.66. The lowest BCUT2D eigenvalue weighted by Gasteiger charge is -2.17. The molecule has 1 saturated heterocycles. The molecule has 0 radical (unpaired) electrons. The second kappa shape index (κ2) is 6.36. The third-order valence-electron chi connectivity index (χ3n) is 4.61. The standard InChI is InChI=1S/C19H25NO3SSi/c1-25(2,3)15-14-24(22,23)20-18(16-10-6-4-7-11-16)19(20,21)17-12-8-5-9-13-17/h4-13,18,21H,14-15H2,1-3H3/t18-,19-,20?/m1/s1. The quantitative estimate of drug-likeness (QED) is 0.620. The minimum atomic E-state index is -3.56. The van der Waals surface area contributed by atoms with Crippen LogP contribution in [-0.2, 0) is 15.7 Å². The molecule has 0 bridgehead atoms. The molecule has 0 aliphatic carbocycles. The number of rotatable bonds is 6. The fourth-order valence-electron chi connectivity index (χ4n) is 3.14. The van der Waals surface area contributed by atoms with E-state index in [4.69, 9.17) is 0 Å². The fourth-order valence-corrected chi connectivity index (χ4v) is 7.99. The average molecular weight is 376 g/mol. The van der Waals surface area contributed by atoms with Crippen LogP contribution in [0.5, 0.6) is 0 Å². The molecule has 25 heavy (non-hydrogen) atoms. The summed E-state index contributed by atoms with van der Waals surface area (Å²) in [7, 11) is -5.05. The number of nitrogens with zero attached hydrogens (tertiary/aromatic N) is 1. The van der Waals surface area contributed by atoms with Gasteiger partial charge in [-0.15, -0.1) is 0 Å². The lowest BCUT2D eigenvalue weighted by molar-refractivity contribution is 0.109. The zero-order valence-electron chi connectivity index (χ0n) is 14.9. The molecule has 3 atom stereocenters. The molecule has 1 heterocycles. The summed E-state index contributed by atoms with van der Waals surface area (Å²) in [5, 5.41) is 11.3. The van der Waals surface area contributed by atoms with E-state index in [-0.39, 0.29) is 5.75 Å². The van der Waals surface area contributed by atoms with Gasteiger partial charge >= 0.3 is 0 Å². The molecule has 1 N–H and O–H groups in total. The van der Waals surface area contributed by atoms with Crippen molar-refractivity contribution < 1.29 is 13.5 Å². The van der Waals surface area contributed by atoms with Crippen molar-refractivity contribution >= 4 is 18.1 Å². The molecule has 4 nitrogen and oxygen atoms in total. The van der Waals surface area contributed by atoms with Gasteiger partial charge in [0.05, 0.1) is 5.75 Å². The SMILES string of the molecule is C[Si](C)(C)CCS(=O)(=O)N1[C@H](c2ccccc2)[C@]1(O)c1ccccc1. The van der Waals surface area contributed by atoms with Gasteiger partial charge in [0.1, 0.15) is 6.04 Å². The summed E-state index contributed by atoms with van der Waals surface area (Å²) < 4.78 is 27.3. The first kappa shape index (κ1) is 18.3. The zero-order chi connectivity index (χ0) is 18.3. The molecule has 0 aromatic heterocycles. The predicted octanol–water partition coefficient (Wildman–Crippen LogP) is 3.56. The Morgan fingerprint density at radius 3 is 2.04 bits per heavy atom. The van der Waals surface area contributed by atoms with Gasteiger partial charge in [0.2, 0.25) is 10.0 Å². The van der Waals surface area contributed by atoms with E-state index in [1.807, 2.05) is 48.5 Å². The van der Waals surface area contributed by atoms with Crippen molar-refractivity contribution in [3.05, 3.63) is 71.8 Å². The second-order valence-corrected chi connectivity index (χ2v) is 15.4. The van der Waals surface area contributed by atoms with E-state index in [9.17, 15) is 13.5 Å². The summed E-state index contributed by atoms with van der Waals surface area (Å²) in [6, 6.07) is 18.5. The maximum absolute atomic E-state index is 13.0. The third kappa shape index (κ3) is 3.58. The number of hydrogen-bond acceptors (Lipinski definition) is 3. The topological polar surface area (TPSA) is 57.4 Å². The lowest BCUT2D eigenvalue weighted by atomic mass is 10.0. The molecule has 0 saturated carbocycles. The van der Waals surface area contributed by atoms with Crippen LogP contribution in [0.2, 0.25) is 25.7 Å². The van der Waals surface area contributed by atoms with Crippen molar-refractivity contribution in [1.82, 2.24) is 4.31 Å². The van der Waals surface area contributed by atoms with Gasteiger partial charge in [0.25, 0.3) is 0 Å². The largest absolute Gasteiger partial charge is 0.369 e. The van der Waals surface area contributed by atoms with E-state index in [0.29, 0.717) is 11.6 Å². The van der Waals surface area contributed by atoms with Gasteiger partial charge in [-0.3, -0.25) is 0 Å². The van der Waals surface area contributed by atoms with Gasteiger partial charge in [-0.2, -0.15) is 4.31 Å². The van der Waals surface area contributed by atoms with Gasteiger partial charge in [0.15, 0.2) is 5.72 Å². The van der Waals surface area contributed by atoms with Crippen LogP contribution >= 0.6 is 0 Å². The van der Waals surface area contributed by atoms with E-state index < -0.39 is 29.9 Å². The predicted molar refractivity (Wildman–Crippen MR) is 103 cm³/mol. The molecule has 6 heteroatoms.